The van der Waals surface area contributed by atoms with Gasteiger partial charge >= 0.3 is 0 Å². The van der Waals surface area contributed by atoms with Crippen molar-refractivity contribution in [3.05, 3.63) is 70.5 Å². The molecule has 0 aliphatic rings. The average molecular weight is 306 g/mol. The van der Waals surface area contributed by atoms with Gasteiger partial charge in [-0.1, -0.05) is 29.8 Å². The molecular formula is C17H17ClFNO. The standard InChI is InChI=1S/C17H17ClFNO/c1-12(10-13-6-8-15(18)9-7-13)20(2)17(21)14-4-3-5-16(19)11-14/h3-9,11-12H,10H2,1-2H3. The van der Waals surface area contributed by atoms with Crippen LogP contribution in [0.3, 0.4) is 0 Å². The molecule has 110 valence electrons. The van der Waals surface area contributed by atoms with E-state index in [0.717, 1.165) is 5.56 Å². The van der Waals surface area contributed by atoms with Crippen LogP contribution >= 0.6 is 11.6 Å². The quantitative estimate of drug-likeness (QED) is 0.829. The van der Waals surface area contributed by atoms with E-state index in [-0.39, 0.29) is 11.9 Å². The lowest BCUT2D eigenvalue weighted by Gasteiger charge is -2.25. The third kappa shape index (κ3) is 4.05. The minimum atomic E-state index is -0.403. The molecular weight excluding hydrogens is 289 g/mol. The molecule has 0 aliphatic heterocycles. The molecule has 0 heterocycles. The number of rotatable bonds is 4. The first-order chi connectivity index (χ1) is 9.97. The Balaban J connectivity index is 2.06. The maximum atomic E-state index is 13.2. The van der Waals surface area contributed by atoms with Crippen LogP contribution in [0.4, 0.5) is 4.39 Å². The fourth-order valence-electron chi connectivity index (χ4n) is 2.12. The van der Waals surface area contributed by atoms with Crippen molar-refractivity contribution in [2.75, 3.05) is 7.05 Å². The first kappa shape index (κ1) is 15.5. The highest BCUT2D eigenvalue weighted by atomic mass is 35.5. The molecule has 0 aliphatic carbocycles. The van der Waals surface area contributed by atoms with Crippen LogP contribution in [0.15, 0.2) is 48.5 Å². The van der Waals surface area contributed by atoms with Gasteiger partial charge in [0, 0.05) is 23.7 Å². The van der Waals surface area contributed by atoms with E-state index in [1.54, 1.807) is 24.1 Å². The first-order valence-corrected chi connectivity index (χ1v) is 7.12. The number of hydrogen-bond acceptors (Lipinski definition) is 1. The van der Waals surface area contributed by atoms with Crippen LogP contribution in [0.2, 0.25) is 5.02 Å². The van der Waals surface area contributed by atoms with Crippen LogP contribution < -0.4 is 0 Å². The highest BCUT2D eigenvalue weighted by molar-refractivity contribution is 6.30. The Morgan fingerprint density at radius 3 is 2.52 bits per heavy atom. The summed E-state index contributed by atoms with van der Waals surface area (Å²) in [7, 11) is 1.73. The van der Waals surface area contributed by atoms with Crippen molar-refractivity contribution >= 4 is 17.5 Å². The highest BCUT2D eigenvalue weighted by Crippen LogP contribution is 2.14. The normalized spacial score (nSPS) is 12.0. The maximum absolute atomic E-state index is 13.2. The monoisotopic (exact) mass is 305 g/mol. The second-order valence-electron chi connectivity index (χ2n) is 5.11. The topological polar surface area (TPSA) is 20.3 Å². The summed E-state index contributed by atoms with van der Waals surface area (Å²) in [5.74, 6) is -0.587. The number of nitrogens with zero attached hydrogens (tertiary/aromatic N) is 1. The summed E-state index contributed by atoms with van der Waals surface area (Å²) in [4.78, 5) is 13.9. The second-order valence-corrected chi connectivity index (χ2v) is 5.54. The minimum absolute atomic E-state index is 0.00180. The lowest BCUT2D eigenvalue weighted by Crippen LogP contribution is -2.36. The molecule has 0 saturated carbocycles. The van der Waals surface area contributed by atoms with Crippen LogP contribution in [0.1, 0.15) is 22.8 Å². The molecule has 0 N–H and O–H groups in total. The van der Waals surface area contributed by atoms with Gasteiger partial charge in [0.15, 0.2) is 0 Å². The van der Waals surface area contributed by atoms with Gasteiger partial charge in [0.05, 0.1) is 0 Å². The third-order valence-corrected chi connectivity index (χ3v) is 3.75. The summed E-state index contributed by atoms with van der Waals surface area (Å²) < 4.78 is 13.2. The van der Waals surface area contributed by atoms with Gasteiger partial charge in [-0.15, -0.1) is 0 Å². The van der Waals surface area contributed by atoms with Crippen LogP contribution in [0.25, 0.3) is 0 Å². The van der Waals surface area contributed by atoms with Crippen molar-refractivity contribution in [1.82, 2.24) is 4.90 Å². The molecule has 21 heavy (non-hydrogen) atoms. The van der Waals surface area contributed by atoms with Gasteiger partial charge in [-0.05, 0) is 49.2 Å². The Labute approximate surface area is 129 Å². The van der Waals surface area contributed by atoms with Gasteiger partial charge in [-0.2, -0.15) is 0 Å². The molecule has 2 rings (SSSR count). The third-order valence-electron chi connectivity index (χ3n) is 3.50. The molecule has 1 unspecified atom stereocenters. The van der Waals surface area contributed by atoms with Crippen LogP contribution in [-0.2, 0) is 6.42 Å². The van der Waals surface area contributed by atoms with Crippen LogP contribution in [0, 0.1) is 5.82 Å². The summed E-state index contributed by atoms with van der Waals surface area (Å²) in [6, 6.07) is 13.3. The fourth-order valence-corrected chi connectivity index (χ4v) is 2.25. The lowest BCUT2D eigenvalue weighted by molar-refractivity contribution is 0.0743. The smallest absolute Gasteiger partial charge is 0.253 e. The zero-order valence-corrected chi connectivity index (χ0v) is 12.8. The second kappa shape index (κ2) is 6.72. The number of hydrogen-bond donors (Lipinski definition) is 0. The fraction of sp³-hybridized carbons (Fsp3) is 0.235. The summed E-state index contributed by atoms with van der Waals surface area (Å²) >= 11 is 5.86. The largest absolute Gasteiger partial charge is 0.339 e. The lowest BCUT2D eigenvalue weighted by atomic mass is 10.1. The number of halogens is 2. The Morgan fingerprint density at radius 2 is 1.90 bits per heavy atom. The molecule has 0 radical (unpaired) electrons. The van der Waals surface area contributed by atoms with Crippen molar-refractivity contribution < 1.29 is 9.18 Å². The SMILES string of the molecule is CC(Cc1ccc(Cl)cc1)N(C)C(=O)c1cccc(F)c1. The van der Waals surface area contributed by atoms with Crippen LogP contribution in [0.5, 0.6) is 0 Å². The van der Waals surface area contributed by atoms with E-state index >= 15 is 0 Å². The summed E-state index contributed by atoms with van der Waals surface area (Å²) in [5, 5.41) is 0.690. The van der Waals surface area contributed by atoms with Gasteiger partial charge in [0.1, 0.15) is 5.82 Å². The van der Waals surface area contributed by atoms with E-state index in [1.807, 2.05) is 31.2 Å². The molecule has 1 atom stereocenters. The number of carbonyl (C=O) groups excluding carboxylic acids is 1. The average Bonchev–Trinajstić information content (AvgIpc) is 2.48. The zero-order chi connectivity index (χ0) is 15.4. The summed E-state index contributed by atoms with van der Waals surface area (Å²) in [6.45, 7) is 1.96. The predicted molar refractivity (Wildman–Crippen MR) is 83.1 cm³/mol. The van der Waals surface area contributed by atoms with Crippen molar-refractivity contribution in [2.24, 2.45) is 0 Å². The van der Waals surface area contributed by atoms with Crippen molar-refractivity contribution in [3.8, 4) is 0 Å². The predicted octanol–water partition coefficient (Wildman–Crippen LogP) is 4.18. The summed E-state index contributed by atoms with van der Waals surface area (Å²) in [5.41, 5.74) is 1.46. The van der Waals surface area contributed by atoms with E-state index in [9.17, 15) is 9.18 Å². The number of amides is 1. The van der Waals surface area contributed by atoms with Crippen molar-refractivity contribution in [3.63, 3.8) is 0 Å². The Bertz CT molecular complexity index is 627. The number of likely N-dealkylation sites (N-methyl/N-ethyl adjacent to an activating group) is 1. The molecule has 4 heteroatoms. The Morgan fingerprint density at radius 1 is 1.24 bits per heavy atom. The van der Waals surface area contributed by atoms with Crippen molar-refractivity contribution in [2.45, 2.75) is 19.4 Å². The van der Waals surface area contributed by atoms with E-state index < -0.39 is 5.82 Å². The molecule has 0 aromatic heterocycles. The molecule has 0 saturated heterocycles. The van der Waals surface area contributed by atoms with Crippen LogP contribution in [-0.4, -0.2) is 23.9 Å². The van der Waals surface area contributed by atoms with Gasteiger partial charge in [-0.25, -0.2) is 4.39 Å². The van der Waals surface area contributed by atoms with Crippen molar-refractivity contribution in [1.29, 1.82) is 0 Å². The Kier molecular flexibility index (Phi) is 4.97. The summed E-state index contributed by atoms with van der Waals surface area (Å²) in [6.07, 6.45) is 0.717. The van der Waals surface area contributed by atoms with Gasteiger partial charge in [-0.3, -0.25) is 4.79 Å². The van der Waals surface area contributed by atoms with E-state index in [2.05, 4.69) is 0 Å². The van der Waals surface area contributed by atoms with E-state index in [0.29, 0.717) is 17.0 Å². The zero-order valence-electron chi connectivity index (χ0n) is 12.0. The van der Waals surface area contributed by atoms with Gasteiger partial charge < -0.3 is 4.90 Å². The number of benzene rings is 2. The van der Waals surface area contributed by atoms with E-state index in [4.69, 9.17) is 11.6 Å². The first-order valence-electron chi connectivity index (χ1n) is 6.74. The molecule has 0 spiro atoms. The van der Waals surface area contributed by atoms with Gasteiger partial charge in [0.25, 0.3) is 5.91 Å². The molecule has 2 nitrogen and oxygen atoms in total. The number of carbonyl (C=O) groups is 1. The molecule has 1 amide bonds. The minimum Gasteiger partial charge on any atom is -0.339 e. The maximum Gasteiger partial charge on any atom is 0.253 e. The molecule has 0 bridgehead atoms. The van der Waals surface area contributed by atoms with Gasteiger partial charge in [0.2, 0.25) is 0 Å². The van der Waals surface area contributed by atoms with E-state index in [1.165, 1.54) is 12.1 Å². The Hall–Kier alpha value is -1.87. The highest BCUT2D eigenvalue weighted by Gasteiger charge is 2.18. The molecule has 2 aromatic rings. The molecule has 0 fully saturated rings. The molecule has 2 aromatic carbocycles.